The van der Waals surface area contributed by atoms with Crippen LogP contribution in [0.25, 0.3) is 0 Å². The summed E-state index contributed by atoms with van der Waals surface area (Å²) in [5.74, 6) is -0.143. The second kappa shape index (κ2) is 6.58. The number of methoxy groups -OCH3 is 1. The molecule has 0 bridgehead atoms. The van der Waals surface area contributed by atoms with Crippen molar-refractivity contribution in [3.63, 3.8) is 0 Å². The molecule has 0 aromatic carbocycles. The molecular formula is C9H14O3. The summed E-state index contributed by atoms with van der Waals surface area (Å²) in [5.41, 5.74) is 0. The molecule has 0 N–H and O–H groups in total. The van der Waals surface area contributed by atoms with E-state index in [1.54, 1.807) is 6.08 Å². The number of hydrogen-bond donors (Lipinski definition) is 0. The lowest BCUT2D eigenvalue weighted by Gasteiger charge is -1.97. The van der Waals surface area contributed by atoms with E-state index in [2.05, 4.69) is 11.3 Å². The first-order valence-electron chi connectivity index (χ1n) is 3.90. The Morgan fingerprint density at radius 1 is 1.42 bits per heavy atom. The first kappa shape index (κ1) is 10.9. The Kier molecular flexibility index (Phi) is 5.97. The number of rotatable bonds is 6. The number of carbonyl (C=O) groups is 2. The van der Waals surface area contributed by atoms with Gasteiger partial charge in [-0.25, -0.2) is 0 Å². The molecule has 3 heteroatoms. The van der Waals surface area contributed by atoms with Gasteiger partial charge in [0.1, 0.15) is 5.78 Å². The van der Waals surface area contributed by atoms with Crippen LogP contribution in [0.15, 0.2) is 12.7 Å². The minimum absolute atomic E-state index is 0.119. The maximum atomic E-state index is 10.9. The monoisotopic (exact) mass is 170 g/mol. The number of allylic oxidation sites excluding steroid dienone is 1. The van der Waals surface area contributed by atoms with Crippen molar-refractivity contribution in [2.24, 2.45) is 0 Å². The molecule has 0 spiro atoms. The molecule has 0 fully saturated rings. The molecule has 0 aliphatic heterocycles. The van der Waals surface area contributed by atoms with Crippen LogP contribution in [0, 0.1) is 0 Å². The van der Waals surface area contributed by atoms with Crippen molar-refractivity contribution in [1.82, 2.24) is 0 Å². The lowest BCUT2D eigenvalue weighted by Crippen LogP contribution is -2.02. The van der Waals surface area contributed by atoms with Crippen molar-refractivity contribution < 1.29 is 14.3 Å². The number of hydrogen-bond acceptors (Lipinski definition) is 3. The fourth-order valence-electron chi connectivity index (χ4n) is 0.795. The number of ketones is 1. The molecule has 0 amide bonds. The largest absolute Gasteiger partial charge is 0.469 e. The third kappa shape index (κ3) is 5.65. The van der Waals surface area contributed by atoms with E-state index >= 15 is 0 Å². The van der Waals surface area contributed by atoms with Gasteiger partial charge in [0.25, 0.3) is 0 Å². The number of Topliss-reactive ketones (excluding diaryl/α,β-unsaturated/α-hetero) is 1. The van der Waals surface area contributed by atoms with Crippen LogP contribution < -0.4 is 0 Å². The van der Waals surface area contributed by atoms with Crippen LogP contribution in [0.5, 0.6) is 0 Å². The fourth-order valence-corrected chi connectivity index (χ4v) is 0.795. The van der Waals surface area contributed by atoms with Crippen molar-refractivity contribution in [1.29, 1.82) is 0 Å². The molecular weight excluding hydrogens is 156 g/mol. The van der Waals surface area contributed by atoms with Gasteiger partial charge in [-0.2, -0.15) is 0 Å². The summed E-state index contributed by atoms with van der Waals surface area (Å²) in [4.78, 5) is 21.5. The maximum Gasteiger partial charge on any atom is 0.305 e. The summed E-state index contributed by atoms with van der Waals surface area (Å²) >= 11 is 0. The Hall–Kier alpha value is -1.12. The summed E-state index contributed by atoms with van der Waals surface area (Å²) in [5, 5.41) is 0. The average Bonchev–Trinajstić information content (AvgIpc) is 2.04. The predicted molar refractivity (Wildman–Crippen MR) is 45.7 cm³/mol. The van der Waals surface area contributed by atoms with Gasteiger partial charge in [0.05, 0.1) is 7.11 Å². The molecule has 0 atom stereocenters. The van der Waals surface area contributed by atoms with Gasteiger partial charge in [0.2, 0.25) is 0 Å². The van der Waals surface area contributed by atoms with E-state index in [-0.39, 0.29) is 11.8 Å². The number of ether oxygens (including phenoxy) is 1. The predicted octanol–water partition coefficient (Wildman–Crippen LogP) is 1.47. The fraction of sp³-hybridized carbons (Fsp3) is 0.556. The molecule has 0 rings (SSSR count). The Morgan fingerprint density at radius 2 is 2.08 bits per heavy atom. The van der Waals surface area contributed by atoms with Gasteiger partial charge < -0.3 is 4.74 Å². The van der Waals surface area contributed by atoms with Crippen molar-refractivity contribution in [2.45, 2.75) is 25.7 Å². The second-order valence-corrected chi connectivity index (χ2v) is 2.46. The van der Waals surface area contributed by atoms with Gasteiger partial charge in [-0.05, 0) is 6.42 Å². The molecule has 0 aliphatic carbocycles. The Bertz CT molecular complexity index is 173. The molecule has 0 radical (unpaired) electrons. The third-order valence-corrected chi connectivity index (χ3v) is 1.44. The lowest BCUT2D eigenvalue weighted by atomic mass is 10.1. The van der Waals surface area contributed by atoms with E-state index in [4.69, 9.17) is 0 Å². The maximum absolute atomic E-state index is 10.9. The summed E-state index contributed by atoms with van der Waals surface area (Å²) in [6.07, 6.45) is 3.28. The highest BCUT2D eigenvalue weighted by molar-refractivity contribution is 5.80. The van der Waals surface area contributed by atoms with E-state index < -0.39 is 0 Å². The zero-order valence-electron chi connectivity index (χ0n) is 7.34. The quantitative estimate of drug-likeness (QED) is 0.448. The molecule has 0 unspecified atom stereocenters. The second-order valence-electron chi connectivity index (χ2n) is 2.46. The molecule has 0 saturated heterocycles. The van der Waals surface area contributed by atoms with Crippen LogP contribution in [-0.2, 0) is 14.3 Å². The topological polar surface area (TPSA) is 43.4 Å². The molecule has 0 heterocycles. The first-order chi connectivity index (χ1) is 5.70. The zero-order valence-corrected chi connectivity index (χ0v) is 7.34. The van der Waals surface area contributed by atoms with Crippen LogP contribution in [0.1, 0.15) is 25.7 Å². The van der Waals surface area contributed by atoms with Crippen molar-refractivity contribution in [3.05, 3.63) is 12.7 Å². The zero-order chi connectivity index (χ0) is 9.40. The summed E-state index contributed by atoms with van der Waals surface area (Å²) in [6, 6.07) is 0. The Labute approximate surface area is 72.4 Å². The van der Waals surface area contributed by atoms with Crippen LogP contribution in [0.4, 0.5) is 0 Å². The highest BCUT2D eigenvalue weighted by Crippen LogP contribution is 2.00. The lowest BCUT2D eigenvalue weighted by molar-refractivity contribution is -0.140. The van der Waals surface area contributed by atoms with Gasteiger partial charge >= 0.3 is 5.97 Å². The Balaban J connectivity index is 3.36. The van der Waals surface area contributed by atoms with Crippen LogP contribution in [-0.4, -0.2) is 18.9 Å². The minimum atomic E-state index is -0.263. The molecule has 0 aromatic rings. The highest BCUT2D eigenvalue weighted by Gasteiger charge is 2.02. The van der Waals surface area contributed by atoms with Gasteiger partial charge in [-0.1, -0.05) is 6.08 Å². The summed E-state index contributed by atoms with van der Waals surface area (Å²) < 4.78 is 4.42. The molecule has 0 saturated carbocycles. The van der Waals surface area contributed by atoms with Crippen LogP contribution in [0.3, 0.4) is 0 Å². The molecule has 12 heavy (non-hydrogen) atoms. The Morgan fingerprint density at radius 3 is 2.58 bits per heavy atom. The normalized spacial score (nSPS) is 9.08. The van der Waals surface area contributed by atoms with Gasteiger partial charge in [0.15, 0.2) is 0 Å². The SMILES string of the molecule is C=CCC(=O)CCCC(=O)OC. The van der Waals surface area contributed by atoms with E-state index in [1.165, 1.54) is 7.11 Å². The van der Waals surface area contributed by atoms with E-state index in [1.807, 2.05) is 0 Å². The number of carbonyl (C=O) groups excluding carboxylic acids is 2. The van der Waals surface area contributed by atoms with E-state index in [9.17, 15) is 9.59 Å². The third-order valence-electron chi connectivity index (χ3n) is 1.44. The summed E-state index contributed by atoms with van der Waals surface area (Å²) in [6.45, 7) is 3.45. The van der Waals surface area contributed by atoms with E-state index in [0.717, 1.165) is 0 Å². The van der Waals surface area contributed by atoms with Gasteiger partial charge in [0, 0.05) is 19.3 Å². The average molecular weight is 170 g/mol. The smallest absolute Gasteiger partial charge is 0.305 e. The summed E-state index contributed by atoms with van der Waals surface area (Å²) in [7, 11) is 1.34. The van der Waals surface area contributed by atoms with E-state index in [0.29, 0.717) is 25.7 Å². The standard InChI is InChI=1S/C9H14O3/c1-3-5-8(10)6-4-7-9(11)12-2/h3H,1,4-7H2,2H3. The van der Waals surface area contributed by atoms with Gasteiger partial charge in [-0.3, -0.25) is 9.59 Å². The number of esters is 1. The highest BCUT2D eigenvalue weighted by atomic mass is 16.5. The van der Waals surface area contributed by atoms with Crippen molar-refractivity contribution in [2.75, 3.05) is 7.11 Å². The minimum Gasteiger partial charge on any atom is -0.469 e. The molecule has 0 aliphatic rings. The first-order valence-corrected chi connectivity index (χ1v) is 3.90. The van der Waals surface area contributed by atoms with Gasteiger partial charge in [-0.15, -0.1) is 6.58 Å². The molecule has 3 nitrogen and oxygen atoms in total. The van der Waals surface area contributed by atoms with Crippen molar-refractivity contribution >= 4 is 11.8 Å². The molecule has 0 aromatic heterocycles. The van der Waals surface area contributed by atoms with Crippen molar-refractivity contribution in [3.8, 4) is 0 Å². The molecule has 68 valence electrons. The van der Waals surface area contributed by atoms with Crippen LogP contribution >= 0.6 is 0 Å². The van der Waals surface area contributed by atoms with Crippen LogP contribution in [0.2, 0.25) is 0 Å².